The summed E-state index contributed by atoms with van der Waals surface area (Å²) in [4.78, 5) is 17.3. The second-order valence-electron chi connectivity index (χ2n) is 5.74. The minimum absolute atomic E-state index is 0.0263. The third-order valence-electron chi connectivity index (χ3n) is 4.26. The minimum Gasteiger partial charge on any atom is -0.301 e. The molecule has 1 aliphatic rings. The normalized spacial score (nSPS) is 15.4. The number of hydrogen-bond acceptors (Lipinski definition) is 5. The Balaban J connectivity index is 1.80. The molecule has 24 heavy (non-hydrogen) atoms. The van der Waals surface area contributed by atoms with E-state index in [1.807, 2.05) is 31.2 Å². The zero-order chi connectivity index (χ0) is 17.2. The maximum absolute atomic E-state index is 12.9. The van der Waals surface area contributed by atoms with E-state index < -0.39 is 5.41 Å². The van der Waals surface area contributed by atoms with Crippen LogP contribution < -0.4 is 5.32 Å². The first-order valence-electron chi connectivity index (χ1n) is 7.60. The summed E-state index contributed by atoms with van der Waals surface area (Å²) in [5, 5.41) is 12.9. The molecule has 0 bridgehead atoms. The van der Waals surface area contributed by atoms with E-state index >= 15 is 0 Å². The van der Waals surface area contributed by atoms with Crippen LogP contribution in [-0.4, -0.2) is 16.6 Å². The van der Waals surface area contributed by atoms with Crippen LogP contribution >= 0.6 is 34.7 Å². The number of anilines is 1. The van der Waals surface area contributed by atoms with Crippen LogP contribution in [0.1, 0.15) is 30.5 Å². The van der Waals surface area contributed by atoms with Gasteiger partial charge in [0, 0.05) is 5.02 Å². The van der Waals surface area contributed by atoms with Gasteiger partial charge in [-0.2, -0.15) is 5.26 Å². The lowest BCUT2D eigenvalue weighted by atomic mass is 9.64. The molecule has 0 spiro atoms. The van der Waals surface area contributed by atoms with Crippen LogP contribution in [0.5, 0.6) is 0 Å². The van der Waals surface area contributed by atoms with Gasteiger partial charge in [-0.25, -0.2) is 4.98 Å². The predicted molar refractivity (Wildman–Crippen MR) is 98.8 cm³/mol. The molecule has 0 saturated heterocycles. The van der Waals surface area contributed by atoms with Gasteiger partial charge in [-0.3, -0.25) is 4.79 Å². The van der Waals surface area contributed by atoms with Gasteiger partial charge in [0.25, 0.3) is 0 Å². The number of carbonyl (C=O) groups is 1. The molecular weight excluding hydrogens is 362 g/mol. The molecule has 4 nitrogen and oxygen atoms in total. The molecular formula is C17H16ClN3OS2. The fourth-order valence-corrected chi connectivity index (χ4v) is 4.83. The maximum Gasteiger partial charge on any atom is 0.236 e. The van der Waals surface area contributed by atoms with Gasteiger partial charge in [-0.15, -0.1) is 0 Å². The summed E-state index contributed by atoms with van der Waals surface area (Å²) in [5.41, 5.74) is 1.30. The highest BCUT2D eigenvalue weighted by Crippen LogP contribution is 2.45. The molecule has 1 aromatic heterocycles. The zero-order valence-corrected chi connectivity index (χ0v) is 15.5. The van der Waals surface area contributed by atoms with Crippen molar-refractivity contribution in [3.63, 3.8) is 0 Å². The Labute approximate surface area is 154 Å². The van der Waals surface area contributed by atoms with Crippen molar-refractivity contribution in [2.45, 2.75) is 35.8 Å². The van der Waals surface area contributed by atoms with E-state index in [9.17, 15) is 4.79 Å². The molecule has 1 fully saturated rings. The van der Waals surface area contributed by atoms with Gasteiger partial charge in [0.15, 0.2) is 5.13 Å². The lowest BCUT2D eigenvalue weighted by molar-refractivity contribution is -0.124. The largest absolute Gasteiger partial charge is 0.301 e. The molecule has 3 rings (SSSR count). The number of aryl methyl sites for hydroxylation is 1. The van der Waals surface area contributed by atoms with Crippen molar-refractivity contribution in [1.29, 1.82) is 5.26 Å². The number of thioether (sulfide) groups is 1. The number of aromatic nitrogens is 1. The van der Waals surface area contributed by atoms with E-state index in [1.165, 1.54) is 23.1 Å². The van der Waals surface area contributed by atoms with Gasteiger partial charge in [0.1, 0.15) is 0 Å². The molecule has 1 saturated carbocycles. The Morgan fingerprint density at radius 3 is 2.96 bits per heavy atom. The van der Waals surface area contributed by atoms with Crippen molar-refractivity contribution in [1.82, 2.24) is 4.98 Å². The second-order valence-corrected chi connectivity index (χ2v) is 8.42. The molecule has 0 atom stereocenters. The fraction of sp³-hybridized carbons (Fsp3) is 0.353. The first-order valence-corrected chi connectivity index (χ1v) is 9.78. The molecule has 1 amide bonds. The molecule has 1 aliphatic carbocycles. The Hall–Kier alpha value is -1.55. The quantitative estimate of drug-likeness (QED) is 0.761. The van der Waals surface area contributed by atoms with Crippen molar-refractivity contribution in [2.75, 3.05) is 11.1 Å². The SMILES string of the molecule is Cc1nc(NC(=O)C2(c3cccc(Cl)c3)CCC2)sc1SCC#N. The topological polar surface area (TPSA) is 65.8 Å². The van der Waals surface area contributed by atoms with Crippen molar-refractivity contribution < 1.29 is 4.79 Å². The highest BCUT2D eigenvalue weighted by atomic mass is 35.5. The average molecular weight is 378 g/mol. The van der Waals surface area contributed by atoms with Gasteiger partial charge in [-0.05, 0) is 37.5 Å². The summed E-state index contributed by atoms with van der Waals surface area (Å²) >= 11 is 8.96. The number of carbonyl (C=O) groups excluding carboxylic acids is 1. The molecule has 2 aromatic rings. The highest BCUT2D eigenvalue weighted by molar-refractivity contribution is 8.01. The maximum atomic E-state index is 12.9. The van der Waals surface area contributed by atoms with E-state index in [2.05, 4.69) is 16.4 Å². The summed E-state index contributed by atoms with van der Waals surface area (Å²) in [6, 6.07) is 9.65. The summed E-state index contributed by atoms with van der Waals surface area (Å²) < 4.78 is 0.970. The number of nitrogens with zero attached hydrogens (tertiary/aromatic N) is 2. The number of thiazole rings is 1. The summed E-state index contributed by atoms with van der Waals surface area (Å²) in [6.07, 6.45) is 2.67. The van der Waals surface area contributed by atoms with Gasteiger partial charge in [0.05, 0.1) is 27.1 Å². The number of halogens is 1. The van der Waals surface area contributed by atoms with Crippen molar-refractivity contribution in [3.8, 4) is 6.07 Å². The van der Waals surface area contributed by atoms with Crippen molar-refractivity contribution >= 4 is 45.7 Å². The molecule has 0 aliphatic heterocycles. The number of nitrogens with one attached hydrogen (secondary N) is 1. The van der Waals surface area contributed by atoms with E-state index in [0.717, 1.165) is 34.7 Å². The fourth-order valence-electron chi connectivity index (χ4n) is 2.85. The second kappa shape index (κ2) is 7.14. The monoisotopic (exact) mass is 377 g/mol. The van der Waals surface area contributed by atoms with Crippen molar-refractivity contribution in [3.05, 3.63) is 40.5 Å². The number of rotatable bonds is 5. The number of nitriles is 1. The summed E-state index contributed by atoms with van der Waals surface area (Å²) in [6.45, 7) is 1.89. The number of hydrogen-bond donors (Lipinski definition) is 1. The van der Waals surface area contributed by atoms with Crippen LogP contribution in [0.3, 0.4) is 0 Å². The van der Waals surface area contributed by atoms with Crippen LogP contribution in [0, 0.1) is 18.3 Å². The molecule has 0 radical (unpaired) electrons. The smallest absolute Gasteiger partial charge is 0.236 e. The van der Waals surface area contributed by atoms with Crippen molar-refractivity contribution in [2.24, 2.45) is 0 Å². The number of amides is 1. The van der Waals surface area contributed by atoms with Gasteiger partial charge >= 0.3 is 0 Å². The van der Waals surface area contributed by atoms with E-state index in [1.54, 1.807) is 0 Å². The molecule has 7 heteroatoms. The predicted octanol–water partition coefficient (Wildman–Crippen LogP) is 4.78. The molecule has 124 valence electrons. The Kier molecular flexibility index (Phi) is 5.14. The van der Waals surface area contributed by atoms with Gasteiger partial charge in [0.2, 0.25) is 5.91 Å². The van der Waals surface area contributed by atoms with E-state index in [-0.39, 0.29) is 5.91 Å². The Bertz CT molecular complexity index is 808. The van der Waals surface area contributed by atoms with Crippen LogP contribution in [-0.2, 0) is 10.2 Å². The molecule has 1 aromatic carbocycles. The lowest BCUT2D eigenvalue weighted by Crippen LogP contribution is -2.46. The first-order chi connectivity index (χ1) is 11.5. The molecule has 1 N–H and O–H groups in total. The first kappa shape index (κ1) is 17.3. The van der Waals surface area contributed by atoms with Crippen LogP contribution in [0.2, 0.25) is 5.02 Å². The van der Waals surface area contributed by atoms with Gasteiger partial charge in [-0.1, -0.05) is 53.3 Å². The van der Waals surface area contributed by atoms with Gasteiger partial charge < -0.3 is 5.32 Å². The third-order valence-corrected chi connectivity index (χ3v) is 6.80. The van der Waals surface area contributed by atoms with E-state index in [0.29, 0.717) is 15.9 Å². The Morgan fingerprint density at radius 2 is 2.33 bits per heavy atom. The summed E-state index contributed by atoms with van der Waals surface area (Å²) in [7, 11) is 0. The molecule has 1 heterocycles. The standard InChI is InChI=1S/C17H16ClN3OS2/c1-11-14(23-9-8-19)24-16(20-11)21-15(22)17(6-3-7-17)12-4-2-5-13(18)10-12/h2,4-5,10H,3,6-7,9H2,1H3,(H,20,21,22). The minimum atomic E-state index is -0.509. The molecule has 0 unspecified atom stereocenters. The summed E-state index contributed by atoms with van der Waals surface area (Å²) in [5.74, 6) is 0.352. The van der Waals surface area contributed by atoms with Crippen LogP contribution in [0.15, 0.2) is 28.5 Å². The zero-order valence-electron chi connectivity index (χ0n) is 13.1. The van der Waals surface area contributed by atoms with Crippen LogP contribution in [0.25, 0.3) is 0 Å². The average Bonchev–Trinajstić information content (AvgIpc) is 2.83. The number of benzene rings is 1. The Morgan fingerprint density at radius 1 is 1.54 bits per heavy atom. The van der Waals surface area contributed by atoms with Crippen LogP contribution in [0.4, 0.5) is 5.13 Å². The van der Waals surface area contributed by atoms with E-state index in [4.69, 9.17) is 16.9 Å². The third kappa shape index (κ3) is 3.30. The lowest BCUT2D eigenvalue weighted by Gasteiger charge is -2.40. The highest BCUT2D eigenvalue weighted by Gasteiger charge is 2.46.